The smallest absolute Gasteiger partial charge is 0.406 e. The summed E-state index contributed by atoms with van der Waals surface area (Å²) in [6.07, 6.45) is -3.95. The summed E-state index contributed by atoms with van der Waals surface area (Å²) in [6, 6.07) is 13.4. The summed E-state index contributed by atoms with van der Waals surface area (Å²) >= 11 is 0. The molecule has 8 heteroatoms. The van der Waals surface area contributed by atoms with Crippen LogP contribution < -0.4 is 15.8 Å². The Hall–Kier alpha value is -1.97. The SMILES string of the molecule is Cc1ccc(CCN=C(N)Nc2ccc(OC(F)(F)F)cc2)cc1.I. The van der Waals surface area contributed by atoms with Gasteiger partial charge < -0.3 is 15.8 Å². The molecular weight excluding hydrogens is 446 g/mol. The number of alkyl halides is 3. The normalized spacial score (nSPS) is 11.6. The lowest BCUT2D eigenvalue weighted by molar-refractivity contribution is -0.274. The van der Waals surface area contributed by atoms with Crippen LogP contribution in [0.25, 0.3) is 0 Å². The second kappa shape index (κ2) is 9.50. The number of aryl methyl sites for hydroxylation is 1. The number of nitrogens with one attached hydrogen (secondary N) is 1. The van der Waals surface area contributed by atoms with Gasteiger partial charge in [-0.2, -0.15) is 0 Å². The summed E-state index contributed by atoms with van der Waals surface area (Å²) < 4.78 is 40.0. The molecule has 0 saturated carbocycles. The van der Waals surface area contributed by atoms with Crippen molar-refractivity contribution < 1.29 is 17.9 Å². The van der Waals surface area contributed by atoms with Crippen LogP contribution in [-0.2, 0) is 6.42 Å². The second-order valence-electron chi connectivity index (χ2n) is 5.20. The second-order valence-corrected chi connectivity index (χ2v) is 5.20. The van der Waals surface area contributed by atoms with Crippen LogP contribution in [0.15, 0.2) is 53.5 Å². The minimum atomic E-state index is -4.70. The number of hydrogen-bond acceptors (Lipinski definition) is 2. The number of halogens is 4. The van der Waals surface area contributed by atoms with E-state index in [0.29, 0.717) is 12.2 Å². The maximum atomic E-state index is 12.1. The number of rotatable bonds is 5. The number of nitrogens with zero attached hydrogens (tertiary/aromatic N) is 1. The van der Waals surface area contributed by atoms with Crippen molar-refractivity contribution in [3.8, 4) is 5.75 Å². The first-order chi connectivity index (χ1) is 11.3. The first-order valence-electron chi connectivity index (χ1n) is 7.30. The van der Waals surface area contributed by atoms with Gasteiger partial charge in [-0.1, -0.05) is 29.8 Å². The van der Waals surface area contributed by atoms with Gasteiger partial charge in [0.1, 0.15) is 5.75 Å². The Balaban J connectivity index is 0.00000312. The number of anilines is 1. The van der Waals surface area contributed by atoms with Crippen LogP contribution in [0, 0.1) is 6.92 Å². The molecule has 136 valence electrons. The van der Waals surface area contributed by atoms with E-state index in [2.05, 4.69) is 15.0 Å². The van der Waals surface area contributed by atoms with Gasteiger partial charge in [-0.25, -0.2) is 0 Å². The quantitative estimate of drug-likeness (QED) is 0.389. The van der Waals surface area contributed by atoms with Gasteiger partial charge in [0, 0.05) is 12.2 Å². The van der Waals surface area contributed by atoms with E-state index in [1.807, 2.05) is 31.2 Å². The van der Waals surface area contributed by atoms with Crippen LogP contribution in [0.3, 0.4) is 0 Å². The molecule has 0 amide bonds. The molecule has 0 fully saturated rings. The number of ether oxygens (including phenoxy) is 1. The summed E-state index contributed by atoms with van der Waals surface area (Å²) in [6.45, 7) is 2.53. The highest BCUT2D eigenvalue weighted by atomic mass is 127. The number of benzene rings is 2. The van der Waals surface area contributed by atoms with Gasteiger partial charge in [0.15, 0.2) is 5.96 Å². The number of hydrogen-bond donors (Lipinski definition) is 2. The van der Waals surface area contributed by atoms with Gasteiger partial charge in [-0.15, -0.1) is 37.1 Å². The van der Waals surface area contributed by atoms with E-state index >= 15 is 0 Å². The highest BCUT2D eigenvalue weighted by molar-refractivity contribution is 14.0. The topological polar surface area (TPSA) is 59.6 Å². The monoisotopic (exact) mass is 465 g/mol. The summed E-state index contributed by atoms with van der Waals surface area (Å²) in [7, 11) is 0. The lowest BCUT2D eigenvalue weighted by Crippen LogP contribution is -2.23. The van der Waals surface area contributed by atoms with Gasteiger partial charge in [-0.3, -0.25) is 4.99 Å². The fourth-order valence-corrected chi connectivity index (χ4v) is 1.99. The Morgan fingerprint density at radius 3 is 2.24 bits per heavy atom. The van der Waals surface area contributed by atoms with Gasteiger partial charge >= 0.3 is 6.36 Å². The molecule has 2 aromatic carbocycles. The molecule has 0 atom stereocenters. The van der Waals surface area contributed by atoms with Crippen molar-refractivity contribution in [2.45, 2.75) is 19.7 Å². The molecule has 0 heterocycles. The first-order valence-corrected chi connectivity index (χ1v) is 7.30. The first kappa shape index (κ1) is 21.1. The highest BCUT2D eigenvalue weighted by Crippen LogP contribution is 2.23. The molecule has 0 aliphatic rings. The third-order valence-corrected chi connectivity index (χ3v) is 3.16. The Labute approximate surface area is 161 Å². The van der Waals surface area contributed by atoms with Gasteiger partial charge in [0.25, 0.3) is 0 Å². The van der Waals surface area contributed by atoms with Crippen molar-refractivity contribution in [3.05, 3.63) is 59.7 Å². The molecule has 0 aromatic heterocycles. The summed E-state index contributed by atoms with van der Waals surface area (Å²) in [5.41, 5.74) is 8.64. The molecule has 0 bridgehead atoms. The van der Waals surface area contributed by atoms with E-state index in [4.69, 9.17) is 5.73 Å². The zero-order chi connectivity index (χ0) is 17.6. The predicted molar refractivity (Wildman–Crippen MR) is 104 cm³/mol. The van der Waals surface area contributed by atoms with E-state index in [0.717, 1.165) is 12.0 Å². The highest BCUT2D eigenvalue weighted by Gasteiger charge is 2.30. The maximum Gasteiger partial charge on any atom is 0.573 e. The zero-order valence-corrected chi connectivity index (χ0v) is 15.8. The van der Waals surface area contributed by atoms with Crippen molar-refractivity contribution in [3.63, 3.8) is 0 Å². The minimum absolute atomic E-state index is 0. The average Bonchev–Trinajstić information content (AvgIpc) is 2.50. The zero-order valence-electron chi connectivity index (χ0n) is 13.5. The third kappa shape index (κ3) is 8.10. The molecule has 0 spiro atoms. The van der Waals surface area contributed by atoms with E-state index in [9.17, 15) is 13.2 Å². The van der Waals surface area contributed by atoms with Crippen molar-refractivity contribution in [1.29, 1.82) is 0 Å². The molecule has 0 unspecified atom stereocenters. The van der Waals surface area contributed by atoms with Crippen molar-refractivity contribution >= 4 is 35.6 Å². The van der Waals surface area contributed by atoms with Crippen molar-refractivity contribution in [2.24, 2.45) is 10.7 Å². The van der Waals surface area contributed by atoms with E-state index in [1.165, 1.54) is 29.8 Å². The fourth-order valence-electron chi connectivity index (χ4n) is 1.99. The number of guanidine groups is 1. The minimum Gasteiger partial charge on any atom is -0.406 e. The molecule has 2 rings (SSSR count). The van der Waals surface area contributed by atoms with Crippen LogP contribution in [0.1, 0.15) is 11.1 Å². The van der Waals surface area contributed by atoms with E-state index in [-0.39, 0.29) is 35.7 Å². The molecule has 0 saturated heterocycles. The molecule has 3 N–H and O–H groups in total. The Morgan fingerprint density at radius 2 is 1.68 bits per heavy atom. The van der Waals surface area contributed by atoms with Crippen LogP contribution in [-0.4, -0.2) is 18.9 Å². The molecule has 0 radical (unpaired) electrons. The van der Waals surface area contributed by atoms with E-state index < -0.39 is 6.36 Å². The van der Waals surface area contributed by atoms with Crippen LogP contribution >= 0.6 is 24.0 Å². The van der Waals surface area contributed by atoms with Crippen LogP contribution in [0.4, 0.5) is 18.9 Å². The fraction of sp³-hybridized carbons (Fsp3) is 0.235. The lowest BCUT2D eigenvalue weighted by atomic mass is 10.1. The van der Waals surface area contributed by atoms with Crippen LogP contribution in [0.2, 0.25) is 0 Å². The summed E-state index contributed by atoms with van der Waals surface area (Å²) in [5.74, 6) is -0.0884. The Kier molecular flexibility index (Phi) is 8.01. The van der Waals surface area contributed by atoms with Gasteiger partial charge in [0.2, 0.25) is 0 Å². The molecule has 0 aliphatic carbocycles. The Bertz CT molecular complexity index is 686. The predicted octanol–water partition coefficient (Wildman–Crippen LogP) is 4.48. The maximum absolute atomic E-state index is 12.1. The summed E-state index contributed by atoms with van der Waals surface area (Å²) in [5, 5.41) is 2.82. The Morgan fingerprint density at radius 1 is 1.08 bits per heavy atom. The molecule has 25 heavy (non-hydrogen) atoms. The largest absolute Gasteiger partial charge is 0.573 e. The number of aliphatic imine (C=N–C) groups is 1. The van der Waals surface area contributed by atoms with Crippen molar-refractivity contribution in [2.75, 3.05) is 11.9 Å². The summed E-state index contributed by atoms with van der Waals surface area (Å²) in [4.78, 5) is 4.19. The van der Waals surface area contributed by atoms with Gasteiger partial charge in [0.05, 0.1) is 0 Å². The molecule has 0 aliphatic heterocycles. The van der Waals surface area contributed by atoms with Crippen molar-refractivity contribution in [1.82, 2.24) is 0 Å². The standard InChI is InChI=1S/C17H18F3N3O.HI/c1-12-2-4-13(5-3-12)10-11-22-16(21)23-14-6-8-15(9-7-14)24-17(18,19)20;/h2-9H,10-11H2,1H3,(H3,21,22,23);1H. The molecule has 4 nitrogen and oxygen atoms in total. The lowest BCUT2D eigenvalue weighted by Gasteiger charge is -2.10. The average molecular weight is 465 g/mol. The third-order valence-electron chi connectivity index (χ3n) is 3.16. The van der Waals surface area contributed by atoms with Crippen LogP contribution in [0.5, 0.6) is 5.75 Å². The molecule has 2 aromatic rings. The van der Waals surface area contributed by atoms with Gasteiger partial charge in [-0.05, 0) is 43.2 Å². The molecular formula is C17H19F3IN3O. The number of nitrogens with two attached hydrogens (primary N) is 1. The van der Waals surface area contributed by atoms with E-state index in [1.54, 1.807) is 0 Å².